The number of hydrogen-bond acceptors (Lipinski definition) is 4. The molecule has 26 heavy (non-hydrogen) atoms. The average molecular weight is 377 g/mol. The van der Waals surface area contributed by atoms with Crippen molar-refractivity contribution in [2.24, 2.45) is 0 Å². The third-order valence-electron chi connectivity index (χ3n) is 3.75. The van der Waals surface area contributed by atoms with E-state index in [1.165, 1.54) is 6.07 Å². The maximum absolute atomic E-state index is 13.7. The number of nitrogens with one attached hydrogen (secondary N) is 2. The quantitative estimate of drug-likeness (QED) is 0.688. The van der Waals surface area contributed by atoms with E-state index < -0.39 is 23.7 Å². The van der Waals surface area contributed by atoms with E-state index in [0.717, 1.165) is 11.8 Å². The van der Waals surface area contributed by atoms with Crippen LogP contribution in [0.5, 0.6) is 0 Å². The highest BCUT2D eigenvalue weighted by molar-refractivity contribution is 7.98. The molecule has 3 aromatic rings. The molecule has 0 saturated carbocycles. The van der Waals surface area contributed by atoms with Crippen LogP contribution in [-0.2, 0) is 0 Å². The van der Waals surface area contributed by atoms with Crippen LogP contribution in [0.2, 0.25) is 0 Å². The molecule has 2 N–H and O–H groups in total. The van der Waals surface area contributed by atoms with Gasteiger partial charge in [0.2, 0.25) is 0 Å². The van der Waals surface area contributed by atoms with Gasteiger partial charge in [-0.2, -0.15) is 11.8 Å². The summed E-state index contributed by atoms with van der Waals surface area (Å²) in [5.41, 5.74) is 0.571. The minimum absolute atomic E-state index is 0.0985. The first-order valence-electron chi connectivity index (χ1n) is 7.89. The monoisotopic (exact) mass is 377 g/mol. The Morgan fingerprint density at radius 3 is 2.88 bits per heavy atom. The predicted octanol–water partition coefficient (Wildman–Crippen LogP) is 3.62. The van der Waals surface area contributed by atoms with Crippen molar-refractivity contribution in [2.45, 2.75) is 12.5 Å². The average Bonchev–Trinajstić information content (AvgIpc) is 3.05. The van der Waals surface area contributed by atoms with E-state index in [0.29, 0.717) is 24.0 Å². The second kappa shape index (κ2) is 8.13. The number of pyridine rings is 1. The van der Waals surface area contributed by atoms with Crippen molar-refractivity contribution >= 4 is 29.1 Å². The number of fused-ring (bicyclic) bond motifs is 1. The van der Waals surface area contributed by atoms with E-state index in [1.54, 1.807) is 16.2 Å². The molecule has 0 aliphatic carbocycles. The van der Waals surface area contributed by atoms with Crippen molar-refractivity contribution < 1.29 is 13.6 Å². The number of anilines is 1. The van der Waals surface area contributed by atoms with Gasteiger partial charge >= 0.3 is 6.03 Å². The van der Waals surface area contributed by atoms with E-state index in [2.05, 4.69) is 20.8 Å². The van der Waals surface area contributed by atoms with Gasteiger partial charge in [-0.25, -0.2) is 13.6 Å². The molecule has 136 valence electrons. The molecule has 1 unspecified atom stereocenters. The van der Waals surface area contributed by atoms with Crippen LogP contribution in [0.15, 0.2) is 42.6 Å². The lowest BCUT2D eigenvalue weighted by Crippen LogP contribution is -2.34. The summed E-state index contributed by atoms with van der Waals surface area (Å²) < 4.78 is 28.5. The Morgan fingerprint density at radius 2 is 2.12 bits per heavy atom. The number of amides is 2. The highest BCUT2D eigenvalue weighted by Gasteiger charge is 2.20. The molecule has 0 saturated heterocycles. The van der Waals surface area contributed by atoms with Crippen molar-refractivity contribution in [1.82, 2.24) is 19.9 Å². The Labute approximate surface area is 153 Å². The molecule has 0 spiro atoms. The van der Waals surface area contributed by atoms with Crippen LogP contribution in [0.1, 0.15) is 18.3 Å². The Bertz CT molecular complexity index is 917. The van der Waals surface area contributed by atoms with Crippen molar-refractivity contribution in [2.75, 3.05) is 17.3 Å². The SMILES string of the molecule is CSCCC(NC(=O)Nc1ccc(F)cc1F)c1nnc2ccccn12. The fourth-order valence-electron chi connectivity index (χ4n) is 2.51. The molecule has 0 bridgehead atoms. The first-order chi connectivity index (χ1) is 12.6. The number of aromatic nitrogens is 3. The number of hydrogen-bond donors (Lipinski definition) is 2. The first kappa shape index (κ1) is 18.1. The number of nitrogens with zero attached hydrogens (tertiary/aromatic N) is 3. The largest absolute Gasteiger partial charge is 0.328 e. The van der Waals surface area contributed by atoms with E-state index in [4.69, 9.17) is 0 Å². The number of halogens is 2. The van der Waals surface area contributed by atoms with Gasteiger partial charge in [-0.15, -0.1) is 10.2 Å². The van der Waals surface area contributed by atoms with Gasteiger partial charge in [0, 0.05) is 12.3 Å². The molecule has 0 radical (unpaired) electrons. The summed E-state index contributed by atoms with van der Waals surface area (Å²) in [6, 6.07) is 7.46. The second-order valence-electron chi connectivity index (χ2n) is 5.54. The molecule has 6 nitrogen and oxygen atoms in total. The van der Waals surface area contributed by atoms with Gasteiger partial charge in [-0.3, -0.25) is 4.40 Å². The summed E-state index contributed by atoms with van der Waals surface area (Å²) in [5, 5.41) is 13.5. The molecule has 2 heterocycles. The number of thioether (sulfide) groups is 1. The Morgan fingerprint density at radius 1 is 1.27 bits per heavy atom. The molecular weight excluding hydrogens is 360 g/mol. The molecule has 2 amide bonds. The molecule has 0 aliphatic heterocycles. The third kappa shape index (κ3) is 4.10. The Hall–Kier alpha value is -2.68. The van der Waals surface area contributed by atoms with E-state index in [9.17, 15) is 13.6 Å². The highest BCUT2D eigenvalue weighted by Crippen LogP contribution is 2.19. The summed E-state index contributed by atoms with van der Waals surface area (Å²) in [6.45, 7) is 0. The van der Waals surface area contributed by atoms with Gasteiger partial charge in [0.1, 0.15) is 11.6 Å². The van der Waals surface area contributed by atoms with Crippen LogP contribution < -0.4 is 10.6 Å². The number of rotatable bonds is 6. The van der Waals surface area contributed by atoms with E-state index in [1.807, 2.05) is 30.7 Å². The fraction of sp³-hybridized carbons (Fsp3) is 0.235. The van der Waals surface area contributed by atoms with Crippen molar-refractivity contribution in [3.05, 3.63) is 60.1 Å². The number of urea groups is 1. The van der Waals surface area contributed by atoms with Gasteiger partial charge in [-0.1, -0.05) is 6.07 Å². The lowest BCUT2D eigenvalue weighted by atomic mass is 10.2. The molecular formula is C17H17F2N5OS. The van der Waals surface area contributed by atoms with E-state index >= 15 is 0 Å². The number of benzene rings is 1. The molecule has 1 aromatic carbocycles. The van der Waals surface area contributed by atoms with Crippen LogP contribution in [0.25, 0.3) is 5.65 Å². The smallest absolute Gasteiger partial charge is 0.319 e. The normalized spacial score (nSPS) is 12.1. The molecule has 2 aromatic heterocycles. The minimum atomic E-state index is -0.839. The standard InChI is InChI=1S/C17H17F2N5OS/c1-26-9-7-14(16-23-22-15-4-2-3-8-24(15)16)21-17(25)20-13-6-5-11(18)10-12(13)19/h2-6,8,10,14H,7,9H2,1H3,(H2,20,21,25). The van der Waals surface area contributed by atoms with Crippen LogP contribution in [0, 0.1) is 11.6 Å². The van der Waals surface area contributed by atoms with Gasteiger partial charge in [-0.05, 0) is 42.7 Å². The summed E-state index contributed by atoms with van der Waals surface area (Å²) in [7, 11) is 0. The van der Waals surface area contributed by atoms with Crippen molar-refractivity contribution in [1.29, 1.82) is 0 Å². The van der Waals surface area contributed by atoms with Gasteiger partial charge in [0.15, 0.2) is 11.5 Å². The number of carbonyl (C=O) groups excluding carboxylic acids is 1. The van der Waals surface area contributed by atoms with Crippen LogP contribution in [0.3, 0.4) is 0 Å². The zero-order chi connectivity index (χ0) is 18.5. The first-order valence-corrected chi connectivity index (χ1v) is 9.29. The fourth-order valence-corrected chi connectivity index (χ4v) is 2.98. The zero-order valence-corrected chi connectivity index (χ0v) is 14.8. The maximum atomic E-state index is 13.7. The minimum Gasteiger partial charge on any atom is -0.328 e. The predicted molar refractivity (Wildman–Crippen MR) is 97.2 cm³/mol. The molecule has 0 fully saturated rings. The zero-order valence-electron chi connectivity index (χ0n) is 13.9. The van der Waals surface area contributed by atoms with Crippen LogP contribution >= 0.6 is 11.8 Å². The lowest BCUT2D eigenvalue weighted by Gasteiger charge is -2.17. The maximum Gasteiger partial charge on any atom is 0.319 e. The van der Waals surface area contributed by atoms with Crippen LogP contribution in [0.4, 0.5) is 19.3 Å². The van der Waals surface area contributed by atoms with Gasteiger partial charge in [0.25, 0.3) is 0 Å². The van der Waals surface area contributed by atoms with Crippen LogP contribution in [-0.4, -0.2) is 32.6 Å². The lowest BCUT2D eigenvalue weighted by molar-refractivity contribution is 0.247. The summed E-state index contributed by atoms with van der Waals surface area (Å²) in [4.78, 5) is 12.3. The van der Waals surface area contributed by atoms with Crippen molar-refractivity contribution in [3.63, 3.8) is 0 Å². The van der Waals surface area contributed by atoms with Gasteiger partial charge < -0.3 is 10.6 Å². The summed E-state index contributed by atoms with van der Waals surface area (Å²) in [5.74, 6) is -0.170. The third-order valence-corrected chi connectivity index (χ3v) is 4.39. The highest BCUT2D eigenvalue weighted by atomic mass is 32.2. The molecule has 3 rings (SSSR count). The number of carbonyl (C=O) groups is 1. The summed E-state index contributed by atoms with van der Waals surface area (Å²) in [6.07, 6.45) is 4.40. The van der Waals surface area contributed by atoms with E-state index in [-0.39, 0.29) is 5.69 Å². The summed E-state index contributed by atoms with van der Waals surface area (Å²) >= 11 is 1.64. The molecule has 1 atom stereocenters. The Kier molecular flexibility index (Phi) is 5.67. The molecule has 9 heteroatoms. The Balaban J connectivity index is 1.78. The van der Waals surface area contributed by atoms with Crippen molar-refractivity contribution in [3.8, 4) is 0 Å². The molecule has 0 aliphatic rings. The second-order valence-corrected chi connectivity index (χ2v) is 6.53. The van der Waals surface area contributed by atoms with Gasteiger partial charge in [0.05, 0.1) is 11.7 Å². The topological polar surface area (TPSA) is 71.3 Å².